The van der Waals surface area contributed by atoms with Gasteiger partial charge in [-0.3, -0.25) is 13.9 Å². The maximum atomic E-state index is 13.4. The molecular formula is C22H26ClN3O6S. The molecule has 3 rings (SSSR count). The van der Waals surface area contributed by atoms with E-state index >= 15 is 0 Å². The average Bonchev–Trinajstić information content (AvgIpc) is 3.28. The van der Waals surface area contributed by atoms with E-state index in [0.717, 1.165) is 4.31 Å². The van der Waals surface area contributed by atoms with Crippen molar-refractivity contribution < 1.29 is 27.5 Å². The van der Waals surface area contributed by atoms with Gasteiger partial charge >= 0.3 is 0 Å². The minimum absolute atomic E-state index is 0.0352. The van der Waals surface area contributed by atoms with Gasteiger partial charge in [0.25, 0.3) is 0 Å². The maximum Gasteiger partial charge on any atom is 0.244 e. The van der Waals surface area contributed by atoms with Crippen molar-refractivity contribution in [3.05, 3.63) is 53.1 Å². The number of ether oxygens (including phenoxy) is 2. The Kier molecular flexibility index (Phi) is 7.70. The Hall–Kier alpha value is -2.98. The molecule has 0 radical (unpaired) electrons. The molecule has 0 saturated carbocycles. The van der Waals surface area contributed by atoms with Gasteiger partial charge in [-0.2, -0.15) is 0 Å². The van der Waals surface area contributed by atoms with Gasteiger partial charge in [0.1, 0.15) is 12.6 Å². The van der Waals surface area contributed by atoms with Crippen LogP contribution in [0.25, 0.3) is 0 Å². The summed E-state index contributed by atoms with van der Waals surface area (Å²) < 4.78 is 37.5. The third-order valence-electron chi connectivity index (χ3n) is 5.34. The second-order valence-electron chi connectivity index (χ2n) is 7.35. The Balaban J connectivity index is 1.95. The van der Waals surface area contributed by atoms with E-state index in [1.54, 1.807) is 43.3 Å². The number of hydrogen-bond donors (Lipinski definition) is 1. The van der Waals surface area contributed by atoms with Crippen molar-refractivity contribution in [2.45, 2.75) is 26.4 Å². The number of amides is 2. The van der Waals surface area contributed by atoms with Crippen molar-refractivity contribution in [2.24, 2.45) is 0 Å². The van der Waals surface area contributed by atoms with Crippen molar-refractivity contribution >= 4 is 39.1 Å². The first-order chi connectivity index (χ1) is 15.7. The Morgan fingerprint density at radius 1 is 1.15 bits per heavy atom. The highest BCUT2D eigenvalue weighted by Gasteiger charge is 2.31. The number of nitrogens with zero attached hydrogens (tertiary/aromatic N) is 2. The van der Waals surface area contributed by atoms with Crippen LogP contribution in [0.1, 0.15) is 19.4 Å². The van der Waals surface area contributed by atoms with Crippen molar-refractivity contribution in [3.8, 4) is 11.5 Å². The van der Waals surface area contributed by atoms with E-state index in [9.17, 15) is 18.0 Å². The standard InChI is InChI=1S/C22H26ClN3O6S/c1-4-33(29,30)26(17-9-10-19-20(11-17)32-14-31-19)13-21(27)25(15(2)22(28)24-3)12-16-7-5-6-8-18(16)23/h5-11,15H,4,12-14H2,1-3H3,(H,24,28)/t15-/m1/s1. The number of nitrogens with one attached hydrogen (secondary N) is 1. The molecule has 1 aliphatic rings. The zero-order valence-corrected chi connectivity index (χ0v) is 20.1. The van der Waals surface area contributed by atoms with Crippen LogP contribution in [-0.4, -0.2) is 57.3 Å². The third kappa shape index (κ3) is 5.51. The fourth-order valence-electron chi connectivity index (χ4n) is 3.36. The average molecular weight is 496 g/mol. The van der Waals surface area contributed by atoms with E-state index in [-0.39, 0.29) is 30.7 Å². The number of carbonyl (C=O) groups excluding carboxylic acids is 2. The number of halogens is 1. The summed E-state index contributed by atoms with van der Waals surface area (Å²) in [6.07, 6.45) is 0. The molecule has 1 atom stereocenters. The predicted molar refractivity (Wildman–Crippen MR) is 125 cm³/mol. The van der Waals surface area contributed by atoms with Crippen LogP contribution in [-0.2, 0) is 26.2 Å². The highest BCUT2D eigenvalue weighted by molar-refractivity contribution is 7.92. The van der Waals surface area contributed by atoms with E-state index < -0.39 is 28.5 Å². The summed E-state index contributed by atoms with van der Waals surface area (Å²) in [4.78, 5) is 27.1. The summed E-state index contributed by atoms with van der Waals surface area (Å²) in [5.74, 6) is -0.274. The molecule has 0 spiro atoms. The number of carbonyl (C=O) groups is 2. The molecule has 0 aromatic heterocycles. The first-order valence-electron chi connectivity index (χ1n) is 10.3. The van der Waals surface area contributed by atoms with Gasteiger partial charge in [0, 0.05) is 24.7 Å². The number of sulfonamides is 1. The second-order valence-corrected chi connectivity index (χ2v) is 9.94. The zero-order valence-electron chi connectivity index (χ0n) is 18.6. The summed E-state index contributed by atoms with van der Waals surface area (Å²) in [5.41, 5.74) is 0.899. The molecule has 0 unspecified atom stereocenters. The molecule has 2 aromatic carbocycles. The van der Waals surface area contributed by atoms with Gasteiger partial charge in [0.05, 0.1) is 11.4 Å². The molecular weight excluding hydrogens is 470 g/mol. The van der Waals surface area contributed by atoms with Crippen LogP contribution >= 0.6 is 11.6 Å². The van der Waals surface area contributed by atoms with E-state index in [1.165, 1.54) is 24.9 Å². The molecule has 0 aliphatic carbocycles. The van der Waals surface area contributed by atoms with Crippen LogP contribution in [0.4, 0.5) is 5.69 Å². The molecule has 0 fully saturated rings. The fraction of sp³-hybridized carbons (Fsp3) is 0.364. The topological polar surface area (TPSA) is 105 Å². The Morgan fingerprint density at radius 3 is 2.52 bits per heavy atom. The minimum atomic E-state index is -3.83. The quantitative estimate of drug-likeness (QED) is 0.572. The minimum Gasteiger partial charge on any atom is -0.454 e. The summed E-state index contributed by atoms with van der Waals surface area (Å²) in [6, 6.07) is 10.8. The number of likely N-dealkylation sites (N-methyl/N-ethyl adjacent to an activating group) is 1. The van der Waals surface area contributed by atoms with Gasteiger partial charge in [-0.1, -0.05) is 29.8 Å². The van der Waals surface area contributed by atoms with Crippen molar-refractivity contribution in [2.75, 3.05) is 30.4 Å². The molecule has 1 N–H and O–H groups in total. The molecule has 2 amide bonds. The lowest BCUT2D eigenvalue weighted by molar-refractivity contribution is -0.139. The summed E-state index contributed by atoms with van der Waals surface area (Å²) in [6.45, 7) is 2.64. The van der Waals surface area contributed by atoms with Crippen LogP contribution < -0.4 is 19.1 Å². The van der Waals surface area contributed by atoms with E-state index in [1.807, 2.05) is 0 Å². The highest BCUT2D eigenvalue weighted by atomic mass is 35.5. The number of anilines is 1. The second kappa shape index (κ2) is 10.3. The SMILES string of the molecule is CCS(=O)(=O)N(CC(=O)N(Cc1ccccc1Cl)[C@H](C)C(=O)NC)c1ccc2c(c1)OCO2. The normalized spacial score (nSPS) is 13.3. The van der Waals surface area contributed by atoms with Gasteiger partial charge in [-0.05, 0) is 37.6 Å². The lowest BCUT2D eigenvalue weighted by Crippen LogP contribution is -2.51. The van der Waals surface area contributed by atoms with E-state index in [0.29, 0.717) is 22.1 Å². The molecule has 0 bridgehead atoms. The third-order valence-corrected chi connectivity index (χ3v) is 7.45. The Bertz CT molecular complexity index is 1140. The van der Waals surface area contributed by atoms with Gasteiger partial charge in [-0.25, -0.2) is 8.42 Å². The van der Waals surface area contributed by atoms with Gasteiger partial charge in [-0.15, -0.1) is 0 Å². The smallest absolute Gasteiger partial charge is 0.244 e. The summed E-state index contributed by atoms with van der Waals surface area (Å²) >= 11 is 6.27. The molecule has 33 heavy (non-hydrogen) atoms. The van der Waals surface area contributed by atoms with Crippen molar-refractivity contribution in [1.29, 1.82) is 0 Å². The van der Waals surface area contributed by atoms with Crippen LogP contribution in [0.3, 0.4) is 0 Å². The fourth-order valence-corrected chi connectivity index (χ4v) is 4.61. The molecule has 178 valence electrons. The van der Waals surface area contributed by atoms with Gasteiger partial charge in [0.15, 0.2) is 11.5 Å². The van der Waals surface area contributed by atoms with Crippen molar-refractivity contribution in [1.82, 2.24) is 10.2 Å². The van der Waals surface area contributed by atoms with Crippen LogP contribution in [0.5, 0.6) is 11.5 Å². The largest absolute Gasteiger partial charge is 0.454 e. The first-order valence-corrected chi connectivity index (χ1v) is 12.3. The number of fused-ring (bicyclic) bond motifs is 1. The first kappa shape index (κ1) is 24.7. The molecule has 1 heterocycles. The maximum absolute atomic E-state index is 13.4. The van der Waals surface area contributed by atoms with Gasteiger partial charge < -0.3 is 19.7 Å². The zero-order chi connectivity index (χ0) is 24.2. The molecule has 2 aromatic rings. The number of rotatable bonds is 9. The summed E-state index contributed by atoms with van der Waals surface area (Å²) in [5, 5.41) is 2.97. The Morgan fingerprint density at radius 2 is 1.85 bits per heavy atom. The van der Waals surface area contributed by atoms with Crippen LogP contribution in [0, 0.1) is 0 Å². The highest BCUT2D eigenvalue weighted by Crippen LogP contribution is 2.36. The predicted octanol–water partition coefficient (Wildman–Crippen LogP) is 2.39. The van der Waals surface area contributed by atoms with Crippen LogP contribution in [0.2, 0.25) is 5.02 Å². The molecule has 1 aliphatic heterocycles. The van der Waals surface area contributed by atoms with Gasteiger partial charge in [0.2, 0.25) is 28.6 Å². The monoisotopic (exact) mass is 495 g/mol. The van der Waals surface area contributed by atoms with Crippen molar-refractivity contribution in [3.63, 3.8) is 0 Å². The molecule has 0 saturated heterocycles. The van der Waals surface area contributed by atoms with Crippen LogP contribution in [0.15, 0.2) is 42.5 Å². The lowest BCUT2D eigenvalue weighted by atomic mass is 10.1. The van der Waals surface area contributed by atoms with E-state index in [2.05, 4.69) is 5.32 Å². The lowest BCUT2D eigenvalue weighted by Gasteiger charge is -2.31. The summed E-state index contributed by atoms with van der Waals surface area (Å²) in [7, 11) is -2.36. The number of hydrogen-bond acceptors (Lipinski definition) is 6. The van der Waals surface area contributed by atoms with E-state index in [4.69, 9.17) is 21.1 Å². The number of benzene rings is 2. The molecule has 9 nitrogen and oxygen atoms in total. The Labute approximate surface area is 198 Å². The molecule has 11 heteroatoms.